The van der Waals surface area contributed by atoms with Crippen molar-refractivity contribution < 1.29 is 14.8 Å². The third-order valence-corrected chi connectivity index (χ3v) is 2.94. The summed E-state index contributed by atoms with van der Waals surface area (Å²) in [6.07, 6.45) is 0. The number of anilines is 1. The molecule has 7 nitrogen and oxygen atoms in total. The van der Waals surface area contributed by atoms with Crippen LogP contribution in [0.1, 0.15) is 24.2 Å². The molecule has 0 heterocycles. The number of nitro benzene ring substituents is 1. The average molecular weight is 295 g/mol. The largest absolute Gasteiger partial charge is 0.477 e. The van der Waals surface area contributed by atoms with Crippen LogP contribution in [-0.4, -0.2) is 48.1 Å². The number of carbonyl (C=O) groups is 1. The van der Waals surface area contributed by atoms with Gasteiger partial charge in [-0.25, -0.2) is 4.79 Å². The maximum atomic E-state index is 10.9. The van der Waals surface area contributed by atoms with Gasteiger partial charge in [0.05, 0.1) is 4.92 Å². The number of nitrogens with one attached hydrogen (secondary N) is 1. The second kappa shape index (κ2) is 6.53. The Morgan fingerprint density at radius 3 is 2.52 bits per heavy atom. The minimum atomic E-state index is -1.30. The van der Waals surface area contributed by atoms with Gasteiger partial charge in [0.15, 0.2) is 0 Å². The summed E-state index contributed by atoms with van der Waals surface area (Å²) in [5.41, 5.74) is -0.196. The quantitative estimate of drug-likeness (QED) is 0.592. The van der Waals surface area contributed by atoms with E-state index in [1.54, 1.807) is 6.07 Å². The highest BCUT2D eigenvalue weighted by Crippen LogP contribution is 2.24. The van der Waals surface area contributed by atoms with E-state index in [1.165, 1.54) is 12.1 Å². The Hall–Kier alpha value is -2.15. The minimum Gasteiger partial charge on any atom is -0.477 e. The van der Waals surface area contributed by atoms with E-state index < -0.39 is 16.6 Å². The number of carboxylic acid groups (broad SMARTS) is 1. The van der Waals surface area contributed by atoms with E-state index in [0.29, 0.717) is 12.2 Å². The summed E-state index contributed by atoms with van der Waals surface area (Å²) in [6.45, 7) is 5.64. The molecule has 1 aromatic carbocycles. The second-order valence-electron chi connectivity index (χ2n) is 6.05. The summed E-state index contributed by atoms with van der Waals surface area (Å²) in [6, 6.07) is 4.05. The Balaban J connectivity index is 2.88. The molecule has 1 aromatic rings. The van der Waals surface area contributed by atoms with Crippen LogP contribution >= 0.6 is 0 Å². The molecule has 0 unspecified atom stereocenters. The number of hydrogen-bond acceptors (Lipinski definition) is 5. The number of nitro groups is 1. The van der Waals surface area contributed by atoms with Crippen molar-refractivity contribution in [3.05, 3.63) is 33.9 Å². The van der Waals surface area contributed by atoms with Crippen molar-refractivity contribution in [3.63, 3.8) is 0 Å². The summed E-state index contributed by atoms with van der Waals surface area (Å²) < 4.78 is 0. The first-order valence-electron chi connectivity index (χ1n) is 6.53. The maximum Gasteiger partial charge on any atom is 0.342 e. The van der Waals surface area contributed by atoms with E-state index in [2.05, 4.69) is 24.1 Å². The van der Waals surface area contributed by atoms with Crippen molar-refractivity contribution in [3.8, 4) is 0 Å². The molecule has 0 aliphatic carbocycles. The Morgan fingerprint density at radius 1 is 1.43 bits per heavy atom. The Bertz CT molecular complexity index is 541. The van der Waals surface area contributed by atoms with Gasteiger partial charge in [-0.2, -0.15) is 0 Å². The van der Waals surface area contributed by atoms with Crippen LogP contribution in [0.3, 0.4) is 0 Å². The first-order valence-corrected chi connectivity index (χ1v) is 6.53. The van der Waals surface area contributed by atoms with Crippen LogP contribution < -0.4 is 5.32 Å². The summed E-state index contributed by atoms with van der Waals surface area (Å²) in [5.74, 6) is -1.30. The van der Waals surface area contributed by atoms with Gasteiger partial charge < -0.3 is 15.3 Å². The summed E-state index contributed by atoms with van der Waals surface area (Å²) >= 11 is 0. The lowest BCUT2D eigenvalue weighted by molar-refractivity contribution is -0.385. The fraction of sp³-hybridized carbons (Fsp3) is 0.500. The number of nitrogens with zero attached hydrogens (tertiary/aromatic N) is 2. The van der Waals surface area contributed by atoms with Crippen LogP contribution in [0.25, 0.3) is 0 Å². The van der Waals surface area contributed by atoms with Gasteiger partial charge in [0.1, 0.15) is 5.56 Å². The Kier molecular flexibility index (Phi) is 5.26. The lowest BCUT2D eigenvalue weighted by atomic mass is 9.93. The number of aromatic carboxylic acids is 1. The first-order chi connectivity index (χ1) is 9.62. The molecule has 0 radical (unpaired) electrons. The van der Waals surface area contributed by atoms with Gasteiger partial charge in [0.25, 0.3) is 5.69 Å². The van der Waals surface area contributed by atoms with E-state index in [4.69, 9.17) is 5.11 Å². The zero-order valence-corrected chi connectivity index (χ0v) is 12.7. The van der Waals surface area contributed by atoms with Crippen LogP contribution in [0.2, 0.25) is 0 Å². The van der Waals surface area contributed by atoms with E-state index in [0.717, 1.165) is 6.54 Å². The number of benzene rings is 1. The molecule has 0 saturated carbocycles. The standard InChI is InChI=1S/C14H21N3O4/c1-14(2,9-16(3)4)8-15-10-5-6-11(13(18)19)12(7-10)17(20)21/h5-7,15H,8-9H2,1-4H3,(H,18,19). The van der Waals surface area contributed by atoms with Crippen molar-refractivity contribution in [2.24, 2.45) is 5.41 Å². The number of rotatable bonds is 7. The molecule has 21 heavy (non-hydrogen) atoms. The molecular formula is C14H21N3O4. The molecule has 116 valence electrons. The third kappa shape index (κ3) is 5.03. The molecule has 2 N–H and O–H groups in total. The predicted molar refractivity (Wildman–Crippen MR) is 80.9 cm³/mol. The zero-order valence-electron chi connectivity index (χ0n) is 12.7. The monoisotopic (exact) mass is 295 g/mol. The Morgan fingerprint density at radius 2 is 2.05 bits per heavy atom. The maximum absolute atomic E-state index is 10.9. The van der Waals surface area contributed by atoms with Gasteiger partial charge in [-0.3, -0.25) is 10.1 Å². The summed E-state index contributed by atoms with van der Waals surface area (Å²) in [4.78, 5) is 23.3. The minimum absolute atomic E-state index is 0.0241. The molecule has 1 rings (SSSR count). The zero-order chi connectivity index (χ0) is 16.2. The van der Waals surface area contributed by atoms with Crippen molar-refractivity contribution in [2.45, 2.75) is 13.8 Å². The summed E-state index contributed by atoms with van der Waals surface area (Å²) in [7, 11) is 3.96. The predicted octanol–water partition coefficient (Wildman–Crippen LogP) is 2.29. The lowest BCUT2D eigenvalue weighted by Gasteiger charge is -2.28. The molecule has 7 heteroatoms. The smallest absolute Gasteiger partial charge is 0.342 e. The van der Waals surface area contributed by atoms with Crippen molar-refractivity contribution in [2.75, 3.05) is 32.5 Å². The van der Waals surface area contributed by atoms with E-state index >= 15 is 0 Å². The fourth-order valence-electron chi connectivity index (χ4n) is 2.23. The van der Waals surface area contributed by atoms with Crippen LogP contribution in [-0.2, 0) is 0 Å². The van der Waals surface area contributed by atoms with Crippen LogP contribution in [0.5, 0.6) is 0 Å². The third-order valence-electron chi connectivity index (χ3n) is 2.94. The van der Waals surface area contributed by atoms with Crippen LogP contribution in [0.15, 0.2) is 18.2 Å². The van der Waals surface area contributed by atoms with Crippen molar-refractivity contribution in [1.82, 2.24) is 4.90 Å². The second-order valence-corrected chi connectivity index (χ2v) is 6.05. The van der Waals surface area contributed by atoms with E-state index in [-0.39, 0.29) is 11.0 Å². The molecule has 0 saturated heterocycles. The van der Waals surface area contributed by atoms with Crippen LogP contribution in [0.4, 0.5) is 11.4 Å². The molecule has 0 atom stereocenters. The summed E-state index contributed by atoms with van der Waals surface area (Å²) in [5, 5.41) is 23.0. The van der Waals surface area contributed by atoms with Gasteiger partial charge in [-0.1, -0.05) is 13.8 Å². The lowest BCUT2D eigenvalue weighted by Crippen LogP contribution is -2.34. The van der Waals surface area contributed by atoms with Crippen LogP contribution in [0, 0.1) is 15.5 Å². The first kappa shape index (κ1) is 16.9. The van der Waals surface area contributed by atoms with Gasteiger partial charge in [-0.05, 0) is 31.6 Å². The molecule has 0 bridgehead atoms. The van der Waals surface area contributed by atoms with Gasteiger partial charge in [0.2, 0.25) is 0 Å². The van der Waals surface area contributed by atoms with E-state index in [1.807, 2.05) is 14.1 Å². The average Bonchev–Trinajstić information content (AvgIpc) is 2.34. The van der Waals surface area contributed by atoms with E-state index in [9.17, 15) is 14.9 Å². The van der Waals surface area contributed by atoms with Gasteiger partial charge in [-0.15, -0.1) is 0 Å². The van der Waals surface area contributed by atoms with Crippen molar-refractivity contribution in [1.29, 1.82) is 0 Å². The highest BCUT2D eigenvalue weighted by atomic mass is 16.6. The molecule has 0 amide bonds. The normalized spacial score (nSPS) is 11.5. The molecule has 0 aliphatic rings. The van der Waals surface area contributed by atoms with Gasteiger partial charge in [0, 0.05) is 24.8 Å². The molecule has 0 spiro atoms. The van der Waals surface area contributed by atoms with Gasteiger partial charge >= 0.3 is 5.97 Å². The SMILES string of the molecule is CN(C)CC(C)(C)CNc1ccc(C(=O)O)c([N+](=O)[O-])c1. The number of carboxylic acids is 1. The Labute approximate surface area is 123 Å². The molecule has 0 aromatic heterocycles. The highest BCUT2D eigenvalue weighted by Gasteiger charge is 2.22. The highest BCUT2D eigenvalue weighted by molar-refractivity contribution is 5.93. The molecule has 0 fully saturated rings. The molecule has 0 aliphatic heterocycles. The fourth-order valence-corrected chi connectivity index (χ4v) is 2.23. The molecular weight excluding hydrogens is 274 g/mol. The van der Waals surface area contributed by atoms with Crippen molar-refractivity contribution >= 4 is 17.3 Å². The number of hydrogen-bond donors (Lipinski definition) is 2. The topological polar surface area (TPSA) is 95.7 Å².